The zero-order chi connectivity index (χ0) is 21.6. The van der Waals surface area contributed by atoms with Gasteiger partial charge in [-0.25, -0.2) is 0 Å². The van der Waals surface area contributed by atoms with Gasteiger partial charge in [0.1, 0.15) is 5.75 Å². The highest BCUT2D eigenvalue weighted by Crippen LogP contribution is 2.21. The Bertz CT molecular complexity index is 1030. The average Bonchev–Trinajstić information content (AvgIpc) is 3.23. The van der Waals surface area contributed by atoms with Crippen LogP contribution in [-0.4, -0.2) is 58.6 Å². The van der Waals surface area contributed by atoms with Gasteiger partial charge in [-0.05, 0) is 30.7 Å². The molecule has 1 aromatic heterocycles. The first-order valence-electron chi connectivity index (χ1n) is 10.4. The molecule has 0 radical (unpaired) electrons. The first-order chi connectivity index (χ1) is 15.1. The fourth-order valence-corrected chi connectivity index (χ4v) is 3.95. The quantitative estimate of drug-likeness (QED) is 0.505. The molecule has 1 saturated heterocycles. The van der Waals surface area contributed by atoms with Gasteiger partial charge in [0.05, 0.1) is 19.6 Å². The van der Waals surface area contributed by atoms with Gasteiger partial charge >= 0.3 is 0 Å². The van der Waals surface area contributed by atoms with Gasteiger partial charge in [-0.15, -0.1) is 0 Å². The summed E-state index contributed by atoms with van der Waals surface area (Å²) in [6, 6.07) is 15.6. The minimum atomic E-state index is 0.120. The van der Waals surface area contributed by atoms with E-state index in [-0.39, 0.29) is 5.91 Å². The summed E-state index contributed by atoms with van der Waals surface area (Å²) < 4.78 is 12.1. The van der Waals surface area contributed by atoms with Gasteiger partial charge in [-0.3, -0.25) is 9.69 Å². The van der Waals surface area contributed by atoms with Crippen LogP contribution in [-0.2, 0) is 11.3 Å². The lowest BCUT2D eigenvalue weighted by molar-refractivity contribution is -0.133. The second-order valence-corrected chi connectivity index (χ2v) is 8.46. The zero-order valence-electron chi connectivity index (χ0n) is 17.5. The highest BCUT2D eigenvalue weighted by Gasteiger charge is 2.22. The van der Waals surface area contributed by atoms with Crippen molar-refractivity contribution in [1.29, 1.82) is 0 Å². The number of carbonyl (C=O) groups excluding carboxylic acids is 1. The number of piperazine rings is 1. The fraction of sp³-hybridized carbons (Fsp3) is 0.348. The Morgan fingerprint density at radius 3 is 2.71 bits per heavy atom. The number of amides is 1. The molecular formula is C23H25BrN4O3. The van der Waals surface area contributed by atoms with Crippen LogP contribution >= 0.6 is 15.9 Å². The molecule has 7 nitrogen and oxygen atoms in total. The van der Waals surface area contributed by atoms with Crippen molar-refractivity contribution < 1.29 is 14.1 Å². The molecule has 1 aliphatic rings. The number of halogens is 1. The van der Waals surface area contributed by atoms with Crippen LogP contribution in [0.3, 0.4) is 0 Å². The minimum Gasteiger partial charge on any atom is -0.493 e. The fourth-order valence-electron chi connectivity index (χ4n) is 3.57. The summed E-state index contributed by atoms with van der Waals surface area (Å²) in [4.78, 5) is 21.2. The third kappa shape index (κ3) is 5.71. The molecule has 0 aliphatic carbocycles. The van der Waals surface area contributed by atoms with Gasteiger partial charge in [0.15, 0.2) is 0 Å². The Kier molecular flexibility index (Phi) is 6.99. The Hall–Kier alpha value is -2.71. The SMILES string of the molecule is Cc1ccccc1-c1noc(CN2CCN(C(=O)CCOc3cccc(Br)c3)CC2)n1. The van der Waals surface area contributed by atoms with E-state index >= 15 is 0 Å². The molecule has 1 amide bonds. The van der Waals surface area contributed by atoms with Gasteiger partial charge < -0.3 is 14.2 Å². The van der Waals surface area contributed by atoms with E-state index in [4.69, 9.17) is 9.26 Å². The second-order valence-electron chi connectivity index (χ2n) is 7.54. The molecule has 0 N–H and O–H groups in total. The predicted molar refractivity (Wildman–Crippen MR) is 121 cm³/mol. The summed E-state index contributed by atoms with van der Waals surface area (Å²) in [5, 5.41) is 4.13. The van der Waals surface area contributed by atoms with Crippen LogP contribution in [0, 0.1) is 6.92 Å². The third-order valence-electron chi connectivity index (χ3n) is 5.32. The molecule has 0 spiro atoms. The maximum atomic E-state index is 12.5. The van der Waals surface area contributed by atoms with Crippen LogP contribution < -0.4 is 4.74 Å². The highest BCUT2D eigenvalue weighted by atomic mass is 79.9. The number of rotatable bonds is 7. The number of nitrogens with zero attached hydrogens (tertiary/aromatic N) is 4. The number of hydrogen-bond donors (Lipinski definition) is 0. The molecule has 3 aromatic rings. The van der Waals surface area contributed by atoms with E-state index in [1.165, 1.54) is 0 Å². The number of carbonyl (C=O) groups is 1. The summed E-state index contributed by atoms with van der Waals surface area (Å²) in [5.74, 6) is 2.10. The van der Waals surface area contributed by atoms with Crippen LogP contribution in [0.4, 0.5) is 0 Å². The summed E-state index contributed by atoms with van der Waals surface area (Å²) >= 11 is 3.42. The third-order valence-corrected chi connectivity index (χ3v) is 5.81. The number of benzene rings is 2. The summed E-state index contributed by atoms with van der Waals surface area (Å²) in [5.41, 5.74) is 2.10. The van der Waals surface area contributed by atoms with E-state index in [2.05, 4.69) is 31.0 Å². The number of aromatic nitrogens is 2. The zero-order valence-corrected chi connectivity index (χ0v) is 19.0. The Balaban J connectivity index is 1.22. The second kappa shape index (κ2) is 10.1. The van der Waals surface area contributed by atoms with Crippen molar-refractivity contribution in [3.8, 4) is 17.1 Å². The van der Waals surface area contributed by atoms with Gasteiger partial charge in [0, 0.05) is 36.2 Å². The summed E-state index contributed by atoms with van der Waals surface area (Å²) in [7, 11) is 0. The summed E-state index contributed by atoms with van der Waals surface area (Å²) in [6.45, 7) is 5.93. The van der Waals surface area contributed by atoms with Crippen molar-refractivity contribution in [3.05, 3.63) is 64.5 Å². The smallest absolute Gasteiger partial charge is 0.241 e. The Morgan fingerprint density at radius 2 is 1.94 bits per heavy atom. The monoisotopic (exact) mass is 484 g/mol. The van der Waals surface area contributed by atoms with Crippen molar-refractivity contribution >= 4 is 21.8 Å². The van der Waals surface area contributed by atoms with Gasteiger partial charge in [0.2, 0.25) is 17.6 Å². The topological polar surface area (TPSA) is 71.7 Å². The molecule has 2 aromatic carbocycles. The first kappa shape index (κ1) is 21.5. The van der Waals surface area contributed by atoms with Crippen LogP contribution in [0.1, 0.15) is 17.9 Å². The van der Waals surface area contributed by atoms with Gasteiger partial charge in [0.25, 0.3) is 0 Å². The number of hydrogen-bond acceptors (Lipinski definition) is 6. The molecule has 1 aliphatic heterocycles. The number of ether oxygens (including phenoxy) is 1. The largest absolute Gasteiger partial charge is 0.493 e. The van der Waals surface area contributed by atoms with Crippen molar-refractivity contribution in [2.75, 3.05) is 32.8 Å². The lowest BCUT2D eigenvalue weighted by atomic mass is 10.1. The summed E-state index contributed by atoms with van der Waals surface area (Å²) in [6.07, 6.45) is 0.371. The Labute approximate surface area is 190 Å². The van der Waals surface area contributed by atoms with Crippen molar-refractivity contribution in [2.24, 2.45) is 0 Å². The van der Waals surface area contributed by atoms with E-state index in [9.17, 15) is 4.79 Å². The number of aryl methyl sites for hydroxylation is 1. The molecule has 0 bridgehead atoms. The molecule has 1 fully saturated rings. The van der Waals surface area contributed by atoms with Gasteiger partial charge in [-0.1, -0.05) is 51.4 Å². The predicted octanol–water partition coefficient (Wildman–Crippen LogP) is 3.92. The van der Waals surface area contributed by atoms with Crippen molar-refractivity contribution in [2.45, 2.75) is 19.9 Å². The van der Waals surface area contributed by atoms with E-state index in [0.717, 1.165) is 34.4 Å². The molecule has 31 heavy (non-hydrogen) atoms. The first-order valence-corrected chi connectivity index (χ1v) is 11.1. The molecule has 0 unspecified atom stereocenters. The average molecular weight is 485 g/mol. The molecule has 2 heterocycles. The van der Waals surface area contributed by atoms with Crippen molar-refractivity contribution in [1.82, 2.24) is 19.9 Å². The van der Waals surface area contributed by atoms with E-state index in [1.807, 2.05) is 60.4 Å². The maximum absolute atomic E-state index is 12.5. The lowest BCUT2D eigenvalue weighted by Crippen LogP contribution is -2.48. The molecule has 4 rings (SSSR count). The maximum Gasteiger partial charge on any atom is 0.241 e. The van der Waals surface area contributed by atoms with Crippen molar-refractivity contribution in [3.63, 3.8) is 0 Å². The molecule has 162 valence electrons. The van der Waals surface area contributed by atoms with E-state index in [1.54, 1.807) is 0 Å². The van der Waals surface area contributed by atoms with Crippen LogP contribution in [0.5, 0.6) is 5.75 Å². The standard InChI is InChI=1S/C23H25BrN4O3/c1-17-5-2-3-8-20(17)23-25-21(31-26-23)16-27-10-12-28(13-11-27)22(29)9-14-30-19-7-4-6-18(24)15-19/h2-8,15H,9-14,16H2,1H3. The molecule has 8 heteroatoms. The van der Waals surface area contributed by atoms with E-state index < -0.39 is 0 Å². The normalized spacial score (nSPS) is 14.6. The molecular weight excluding hydrogens is 460 g/mol. The Morgan fingerprint density at radius 1 is 1.13 bits per heavy atom. The lowest BCUT2D eigenvalue weighted by Gasteiger charge is -2.34. The van der Waals surface area contributed by atoms with Crippen LogP contribution in [0.2, 0.25) is 0 Å². The molecule has 0 atom stereocenters. The van der Waals surface area contributed by atoms with Crippen LogP contribution in [0.15, 0.2) is 57.5 Å². The van der Waals surface area contributed by atoms with E-state index in [0.29, 0.717) is 44.4 Å². The minimum absolute atomic E-state index is 0.120. The highest BCUT2D eigenvalue weighted by molar-refractivity contribution is 9.10. The van der Waals surface area contributed by atoms with Gasteiger partial charge in [-0.2, -0.15) is 4.98 Å². The molecule has 0 saturated carbocycles. The van der Waals surface area contributed by atoms with Crippen LogP contribution in [0.25, 0.3) is 11.4 Å².